The largest absolute Gasteiger partial charge is 0.416 e. The second-order valence-electron chi connectivity index (χ2n) is 4.54. The Hall–Kier alpha value is -2.55. The molecule has 0 aliphatic rings. The van der Waals surface area contributed by atoms with Crippen LogP contribution in [-0.2, 0) is 12.7 Å². The molecule has 0 fully saturated rings. The Labute approximate surface area is 120 Å². The van der Waals surface area contributed by atoms with Crippen molar-refractivity contribution in [2.75, 3.05) is 5.32 Å². The molecule has 21 heavy (non-hydrogen) atoms. The SMILES string of the molecule is Cc1ccc(NCc2ccnc(C#N)c2)cc1C(F)(F)F. The standard InChI is InChI=1S/C15H12F3N3/c1-10-2-3-12(7-14(10)15(16,17)18)21-9-11-4-5-20-13(6-11)8-19/h2-7,21H,9H2,1H3. The van der Waals surface area contributed by atoms with E-state index in [4.69, 9.17) is 5.26 Å². The summed E-state index contributed by atoms with van der Waals surface area (Å²) in [7, 11) is 0. The van der Waals surface area contributed by atoms with E-state index in [1.807, 2.05) is 6.07 Å². The lowest BCUT2D eigenvalue weighted by Crippen LogP contribution is -2.09. The van der Waals surface area contributed by atoms with Gasteiger partial charge in [-0.1, -0.05) is 6.07 Å². The molecule has 0 bridgehead atoms. The molecule has 0 aliphatic heterocycles. The highest BCUT2D eigenvalue weighted by atomic mass is 19.4. The number of benzene rings is 1. The van der Waals surface area contributed by atoms with Gasteiger partial charge in [0.25, 0.3) is 0 Å². The normalized spacial score (nSPS) is 11.0. The number of hydrogen-bond acceptors (Lipinski definition) is 3. The van der Waals surface area contributed by atoms with Crippen LogP contribution in [0.3, 0.4) is 0 Å². The Morgan fingerprint density at radius 1 is 1.24 bits per heavy atom. The second kappa shape index (κ2) is 5.83. The third-order valence-corrected chi connectivity index (χ3v) is 2.98. The number of rotatable bonds is 3. The molecule has 0 unspecified atom stereocenters. The minimum absolute atomic E-state index is 0.184. The van der Waals surface area contributed by atoms with E-state index in [9.17, 15) is 13.2 Å². The minimum Gasteiger partial charge on any atom is -0.381 e. The van der Waals surface area contributed by atoms with Crippen molar-refractivity contribution in [1.82, 2.24) is 4.98 Å². The molecular weight excluding hydrogens is 279 g/mol. The van der Waals surface area contributed by atoms with Gasteiger partial charge in [0.1, 0.15) is 11.8 Å². The van der Waals surface area contributed by atoms with Gasteiger partial charge in [-0.05, 0) is 42.3 Å². The number of anilines is 1. The maximum atomic E-state index is 12.8. The maximum Gasteiger partial charge on any atom is 0.416 e. The van der Waals surface area contributed by atoms with Crippen LogP contribution in [0.4, 0.5) is 18.9 Å². The number of nitrogens with zero attached hydrogens (tertiary/aromatic N) is 2. The van der Waals surface area contributed by atoms with Gasteiger partial charge in [0.2, 0.25) is 0 Å². The minimum atomic E-state index is -4.37. The predicted octanol–water partition coefficient (Wildman–Crippen LogP) is 3.89. The molecule has 6 heteroatoms. The first-order valence-electron chi connectivity index (χ1n) is 6.17. The van der Waals surface area contributed by atoms with Crippen molar-refractivity contribution >= 4 is 5.69 Å². The fourth-order valence-electron chi connectivity index (χ4n) is 1.89. The number of nitrogens with one attached hydrogen (secondary N) is 1. The van der Waals surface area contributed by atoms with Gasteiger partial charge in [-0.15, -0.1) is 0 Å². The number of pyridine rings is 1. The summed E-state index contributed by atoms with van der Waals surface area (Å²) in [5.74, 6) is 0. The highest BCUT2D eigenvalue weighted by Crippen LogP contribution is 2.33. The van der Waals surface area contributed by atoms with Gasteiger partial charge >= 0.3 is 6.18 Å². The first-order chi connectivity index (χ1) is 9.90. The zero-order valence-electron chi connectivity index (χ0n) is 11.2. The number of halogens is 3. The lowest BCUT2D eigenvalue weighted by molar-refractivity contribution is -0.138. The van der Waals surface area contributed by atoms with E-state index in [1.165, 1.54) is 19.2 Å². The highest BCUT2D eigenvalue weighted by Gasteiger charge is 2.32. The molecule has 0 spiro atoms. The van der Waals surface area contributed by atoms with Crippen molar-refractivity contribution in [3.05, 3.63) is 58.9 Å². The Morgan fingerprint density at radius 3 is 2.67 bits per heavy atom. The third-order valence-electron chi connectivity index (χ3n) is 2.98. The van der Waals surface area contributed by atoms with Gasteiger partial charge in [-0.3, -0.25) is 0 Å². The summed E-state index contributed by atoms with van der Waals surface area (Å²) in [6.45, 7) is 1.74. The summed E-state index contributed by atoms with van der Waals surface area (Å²) in [6, 6.07) is 9.31. The zero-order chi connectivity index (χ0) is 15.5. The first-order valence-corrected chi connectivity index (χ1v) is 6.17. The molecule has 0 aliphatic carbocycles. The van der Waals surface area contributed by atoms with Gasteiger partial charge in [-0.2, -0.15) is 18.4 Å². The van der Waals surface area contributed by atoms with E-state index >= 15 is 0 Å². The van der Waals surface area contributed by atoms with Gasteiger partial charge in [0.05, 0.1) is 5.56 Å². The van der Waals surface area contributed by atoms with Crippen molar-refractivity contribution in [1.29, 1.82) is 5.26 Å². The molecule has 1 aromatic carbocycles. The van der Waals surface area contributed by atoms with Crippen LogP contribution in [0, 0.1) is 18.3 Å². The quantitative estimate of drug-likeness (QED) is 0.933. The lowest BCUT2D eigenvalue weighted by Gasteiger charge is -2.13. The molecule has 108 valence electrons. The average Bonchev–Trinajstić information content (AvgIpc) is 2.45. The highest BCUT2D eigenvalue weighted by molar-refractivity contribution is 5.49. The Bertz CT molecular complexity index is 687. The molecule has 0 radical (unpaired) electrons. The van der Waals surface area contributed by atoms with Gasteiger partial charge in [-0.25, -0.2) is 4.98 Å². The number of aromatic nitrogens is 1. The summed E-state index contributed by atoms with van der Waals surface area (Å²) >= 11 is 0. The van der Waals surface area contributed by atoms with Gasteiger partial charge in [0, 0.05) is 18.4 Å². The maximum absolute atomic E-state index is 12.8. The molecule has 1 heterocycles. The van der Waals surface area contributed by atoms with Crippen molar-refractivity contribution in [3.63, 3.8) is 0 Å². The van der Waals surface area contributed by atoms with Gasteiger partial charge < -0.3 is 5.32 Å². The van der Waals surface area contributed by atoms with Crippen molar-refractivity contribution < 1.29 is 13.2 Å². The van der Waals surface area contributed by atoms with Crippen LogP contribution < -0.4 is 5.32 Å². The smallest absolute Gasteiger partial charge is 0.381 e. The summed E-state index contributed by atoms with van der Waals surface area (Å²) in [4.78, 5) is 3.83. The number of nitriles is 1. The number of alkyl halides is 3. The second-order valence-corrected chi connectivity index (χ2v) is 4.54. The van der Waals surface area contributed by atoms with Crippen molar-refractivity contribution in [2.24, 2.45) is 0 Å². The molecule has 0 amide bonds. The zero-order valence-corrected chi connectivity index (χ0v) is 11.2. The summed E-state index contributed by atoms with van der Waals surface area (Å²) in [6.07, 6.45) is -2.88. The van der Waals surface area contributed by atoms with E-state index in [1.54, 1.807) is 18.2 Å². The number of aryl methyl sites for hydroxylation is 1. The van der Waals surface area contributed by atoms with Crippen LogP contribution in [0.25, 0.3) is 0 Å². The molecule has 3 nitrogen and oxygen atoms in total. The fourth-order valence-corrected chi connectivity index (χ4v) is 1.89. The monoisotopic (exact) mass is 291 g/mol. The molecule has 1 aromatic heterocycles. The summed E-state index contributed by atoms with van der Waals surface area (Å²) in [5.41, 5.74) is 0.955. The van der Waals surface area contributed by atoms with Crippen molar-refractivity contribution in [2.45, 2.75) is 19.6 Å². The lowest BCUT2D eigenvalue weighted by atomic mass is 10.1. The predicted molar refractivity (Wildman–Crippen MR) is 72.5 cm³/mol. The molecule has 0 saturated carbocycles. The average molecular weight is 291 g/mol. The molecule has 0 atom stereocenters. The molecule has 2 rings (SSSR count). The van der Waals surface area contributed by atoms with Crippen LogP contribution in [0.1, 0.15) is 22.4 Å². The molecular formula is C15H12F3N3. The first kappa shape index (κ1) is 14.9. The molecule has 2 aromatic rings. The van der Waals surface area contributed by atoms with E-state index in [0.29, 0.717) is 12.2 Å². The Kier molecular flexibility index (Phi) is 4.13. The molecule has 0 saturated heterocycles. The third kappa shape index (κ3) is 3.72. The Morgan fingerprint density at radius 2 is 2.00 bits per heavy atom. The van der Waals surface area contributed by atoms with Gasteiger partial charge in [0.15, 0.2) is 0 Å². The van der Waals surface area contributed by atoms with Crippen LogP contribution in [0.5, 0.6) is 0 Å². The number of hydrogen-bond donors (Lipinski definition) is 1. The van der Waals surface area contributed by atoms with Crippen LogP contribution in [-0.4, -0.2) is 4.98 Å². The summed E-state index contributed by atoms with van der Waals surface area (Å²) < 4.78 is 38.5. The van der Waals surface area contributed by atoms with E-state index in [0.717, 1.165) is 11.6 Å². The van der Waals surface area contributed by atoms with Crippen molar-refractivity contribution in [3.8, 4) is 6.07 Å². The Balaban J connectivity index is 2.15. The van der Waals surface area contributed by atoms with Crippen LogP contribution in [0.15, 0.2) is 36.5 Å². The topological polar surface area (TPSA) is 48.7 Å². The van der Waals surface area contributed by atoms with E-state index in [-0.39, 0.29) is 11.3 Å². The fraction of sp³-hybridized carbons (Fsp3) is 0.200. The van der Waals surface area contributed by atoms with Crippen LogP contribution >= 0.6 is 0 Å². The summed E-state index contributed by atoms with van der Waals surface area (Å²) in [5, 5.41) is 11.7. The van der Waals surface area contributed by atoms with E-state index in [2.05, 4.69) is 10.3 Å². The molecule has 1 N–H and O–H groups in total. The van der Waals surface area contributed by atoms with E-state index < -0.39 is 11.7 Å². The van der Waals surface area contributed by atoms with Crippen LogP contribution in [0.2, 0.25) is 0 Å².